The summed E-state index contributed by atoms with van der Waals surface area (Å²) < 4.78 is 30.2. The molecule has 8 heteroatoms. The van der Waals surface area contributed by atoms with Gasteiger partial charge in [-0.1, -0.05) is 0 Å². The molecule has 1 aromatic carbocycles. The summed E-state index contributed by atoms with van der Waals surface area (Å²) in [6.45, 7) is 0. The van der Waals surface area contributed by atoms with Gasteiger partial charge in [0.15, 0.2) is 5.52 Å². The van der Waals surface area contributed by atoms with E-state index >= 15 is 0 Å². The molecule has 14 heavy (non-hydrogen) atoms. The number of aromatic hydroxyl groups is 1. The van der Waals surface area contributed by atoms with Crippen molar-refractivity contribution in [2.45, 2.75) is 4.90 Å². The van der Waals surface area contributed by atoms with Gasteiger partial charge in [0.05, 0.1) is 4.90 Å². The normalized spacial score (nSPS) is 12.1. The molecule has 2 rings (SSSR count). The van der Waals surface area contributed by atoms with E-state index in [9.17, 15) is 13.5 Å². The van der Waals surface area contributed by atoms with Crippen LogP contribution in [0.3, 0.4) is 0 Å². The minimum absolute atomic E-state index is 0.150. The number of fused-ring (bicyclic) bond motifs is 1. The van der Waals surface area contributed by atoms with Gasteiger partial charge in [0.25, 0.3) is 10.1 Å². The first-order valence-electron chi connectivity index (χ1n) is 3.49. The van der Waals surface area contributed by atoms with Crippen LogP contribution < -0.4 is 0 Å². The van der Waals surface area contributed by atoms with Gasteiger partial charge >= 0.3 is 0 Å². The molecule has 0 fully saturated rings. The summed E-state index contributed by atoms with van der Waals surface area (Å²) >= 11 is 0. The van der Waals surface area contributed by atoms with Crippen LogP contribution in [0.1, 0.15) is 0 Å². The molecule has 0 saturated heterocycles. The zero-order valence-corrected chi connectivity index (χ0v) is 7.48. The summed E-state index contributed by atoms with van der Waals surface area (Å²) in [5.74, 6) is -0.358. The van der Waals surface area contributed by atoms with E-state index in [4.69, 9.17) is 4.55 Å². The molecule has 0 aliphatic carbocycles. The average Bonchev–Trinajstić information content (AvgIpc) is 2.50. The Labute approximate surface area is 78.1 Å². The Morgan fingerprint density at radius 2 is 2.00 bits per heavy atom. The monoisotopic (exact) mass is 215 g/mol. The Morgan fingerprint density at radius 1 is 1.29 bits per heavy atom. The first-order chi connectivity index (χ1) is 6.48. The van der Waals surface area contributed by atoms with Gasteiger partial charge in [-0.2, -0.15) is 23.8 Å². The molecule has 1 aromatic heterocycles. The van der Waals surface area contributed by atoms with Crippen molar-refractivity contribution in [1.82, 2.24) is 15.4 Å². The van der Waals surface area contributed by atoms with Crippen LogP contribution in [-0.4, -0.2) is 33.5 Å². The standard InChI is InChI=1S/C6H5N3O4S/c10-5-2-3(14(11,12)13)1-4-6(5)8-9-7-4/h1-2,10H,(H,7,8,9)(H,11,12,13). The van der Waals surface area contributed by atoms with Crippen molar-refractivity contribution in [2.24, 2.45) is 0 Å². The van der Waals surface area contributed by atoms with E-state index in [-0.39, 0.29) is 16.8 Å². The summed E-state index contributed by atoms with van der Waals surface area (Å²) in [4.78, 5) is -0.420. The molecule has 2 aromatic rings. The molecule has 3 N–H and O–H groups in total. The summed E-state index contributed by atoms with van der Waals surface area (Å²) in [6.07, 6.45) is 0. The molecule has 0 radical (unpaired) electrons. The van der Waals surface area contributed by atoms with Gasteiger partial charge in [0.2, 0.25) is 0 Å². The number of nitrogens with zero attached hydrogens (tertiary/aromatic N) is 2. The van der Waals surface area contributed by atoms with Crippen LogP contribution in [0.2, 0.25) is 0 Å². The van der Waals surface area contributed by atoms with E-state index < -0.39 is 15.0 Å². The third-order valence-electron chi connectivity index (χ3n) is 1.67. The summed E-state index contributed by atoms with van der Waals surface area (Å²) in [5, 5.41) is 18.7. The van der Waals surface area contributed by atoms with Gasteiger partial charge in [0, 0.05) is 6.07 Å². The zero-order valence-electron chi connectivity index (χ0n) is 6.67. The number of aromatic nitrogens is 3. The predicted octanol–water partition coefficient (Wildman–Crippen LogP) is -0.0898. The Bertz CT molecular complexity index is 588. The molecule has 1 heterocycles. The van der Waals surface area contributed by atoms with E-state index in [1.54, 1.807) is 0 Å². The number of benzene rings is 1. The highest BCUT2D eigenvalue weighted by atomic mass is 32.2. The van der Waals surface area contributed by atoms with E-state index in [1.807, 2.05) is 0 Å². The molecule has 0 atom stereocenters. The molecule has 0 saturated carbocycles. The van der Waals surface area contributed by atoms with Gasteiger partial charge in [-0.05, 0) is 6.07 Å². The number of H-pyrrole nitrogens is 1. The predicted molar refractivity (Wildman–Crippen MR) is 45.4 cm³/mol. The molecule has 0 spiro atoms. The van der Waals surface area contributed by atoms with Gasteiger partial charge in [0.1, 0.15) is 11.3 Å². The van der Waals surface area contributed by atoms with Gasteiger partial charge in [-0.25, -0.2) is 0 Å². The number of hydrogen-bond donors (Lipinski definition) is 3. The van der Waals surface area contributed by atoms with Gasteiger partial charge in [-0.3, -0.25) is 4.55 Å². The maximum absolute atomic E-state index is 10.7. The van der Waals surface area contributed by atoms with Crippen molar-refractivity contribution in [1.29, 1.82) is 0 Å². The van der Waals surface area contributed by atoms with Gasteiger partial charge < -0.3 is 5.11 Å². The lowest BCUT2D eigenvalue weighted by atomic mass is 10.3. The highest BCUT2D eigenvalue weighted by Gasteiger charge is 2.14. The van der Waals surface area contributed by atoms with Crippen molar-refractivity contribution in [3.63, 3.8) is 0 Å². The molecular weight excluding hydrogens is 210 g/mol. The van der Waals surface area contributed by atoms with E-state index in [0.717, 1.165) is 12.1 Å². The lowest BCUT2D eigenvalue weighted by Crippen LogP contribution is -1.97. The fourth-order valence-corrected chi connectivity index (χ4v) is 1.58. The SMILES string of the molecule is O=S(=O)(O)c1cc(O)c2n[nH]nc2c1. The van der Waals surface area contributed by atoms with Crippen molar-refractivity contribution in [3.8, 4) is 5.75 Å². The van der Waals surface area contributed by atoms with E-state index in [0.29, 0.717) is 0 Å². The molecule has 74 valence electrons. The lowest BCUT2D eigenvalue weighted by molar-refractivity contribution is 0.470. The first kappa shape index (κ1) is 8.91. The second-order valence-corrected chi connectivity index (χ2v) is 4.03. The van der Waals surface area contributed by atoms with Crippen LogP contribution >= 0.6 is 0 Å². The molecular formula is C6H5N3O4S. The molecule has 0 amide bonds. The van der Waals surface area contributed by atoms with Crippen molar-refractivity contribution >= 4 is 21.2 Å². The van der Waals surface area contributed by atoms with Crippen LogP contribution in [0.4, 0.5) is 0 Å². The number of rotatable bonds is 1. The highest BCUT2D eigenvalue weighted by Crippen LogP contribution is 2.24. The fourth-order valence-electron chi connectivity index (χ4n) is 1.06. The van der Waals surface area contributed by atoms with Crippen LogP contribution in [0.5, 0.6) is 5.75 Å². The zero-order chi connectivity index (χ0) is 10.3. The Kier molecular flexibility index (Phi) is 1.69. The molecule has 0 aliphatic heterocycles. The molecule has 0 aliphatic rings. The van der Waals surface area contributed by atoms with Crippen LogP contribution in [0.15, 0.2) is 17.0 Å². The van der Waals surface area contributed by atoms with Crippen LogP contribution in [0, 0.1) is 0 Å². The number of phenolic OH excluding ortho intramolecular Hbond substituents is 1. The Hall–Kier alpha value is -1.67. The van der Waals surface area contributed by atoms with Crippen molar-refractivity contribution in [2.75, 3.05) is 0 Å². The summed E-state index contributed by atoms with van der Waals surface area (Å²) in [7, 11) is -4.34. The topological polar surface area (TPSA) is 116 Å². The average molecular weight is 215 g/mol. The quantitative estimate of drug-likeness (QED) is 0.572. The number of phenols is 1. The van der Waals surface area contributed by atoms with Crippen molar-refractivity contribution < 1.29 is 18.1 Å². The molecule has 0 bridgehead atoms. The highest BCUT2D eigenvalue weighted by molar-refractivity contribution is 7.85. The maximum Gasteiger partial charge on any atom is 0.294 e. The fraction of sp³-hybridized carbons (Fsp3) is 0. The van der Waals surface area contributed by atoms with Gasteiger partial charge in [-0.15, -0.1) is 0 Å². The summed E-state index contributed by atoms with van der Waals surface area (Å²) in [6, 6.07) is 2.01. The number of aromatic amines is 1. The third kappa shape index (κ3) is 1.30. The summed E-state index contributed by atoms with van der Waals surface area (Å²) in [5.41, 5.74) is 0.315. The smallest absolute Gasteiger partial charge is 0.294 e. The Balaban J connectivity index is 2.83. The molecule has 0 unspecified atom stereocenters. The second kappa shape index (κ2) is 2.66. The lowest BCUT2D eigenvalue weighted by Gasteiger charge is -1.97. The Morgan fingerprint density at radius 3 is 2.64 bits per heavy atom. The van der Waals surface area contributed by atoms with E-state index in [2.05, 4.69) is 15.4 Å². The minimum Gasteiger partial charge on any atom is -0.505 e. The number of hydrogen-bond acceptors (Lipinski definition) is 5. The molecule has 7 nitrogen and oxygen atoms in total. The van der Waals surface area contributed by atoms with Crippen molar-refractivity contribution in [3.05, 3.63) is 12.1 Å². The first-order valence-corrected chi connectivity index (χ1v) is 4.93. The van der Waals surface area contributed by atoms with Crippen LogP contribution in [0.25, 0.3) is 11.0 Å². The largest absolute Gasteiger partial charge is 0.505 e. The second-order valence-electron chi connectivity index (χ2n) is 2.61. The van der Waals surface area contributed by atoms with E-state index in [1.165, 1.54) is 0 Å². The third-order valence-corrected chi connectivity index (χ3v) is 2.50. The minimum atomic E-state index is -4.34. The number of nitrogens with one attached hydrogen (secondary N) is 1. The van der Waals surface area contributed by atoms with Crippen LogP contribution in [-0.2, 0) is 10.1 Å². The maximum atomic E-state index is 10.7.